The van der Waals surface area contributed by atoms with Crippen LogP contribution >= 0.6 is 0 Å². The van der Waals surface area contributed by atoms with E-state index in [1.807, 2.05) is 78.9 Å². The Kier molecular flexibility index (Phi) is 6.13. The summed E-state index contributed by atoms with van der Waals surface area (Å²) in [6.45, 7) is 1.47. The Morgan fingerprint density at radius 3 is 2.29 bits per heavy atom. The van der Waals surface area contributed by atoms with Crippen molar-refractivity contribution in [3.63, 3.8) is 0 Å². The first-order valence-corrected chi connectivity index (χ1v) is 10.2. The maximum atomic E-state index is 13.0. The summed E-state index contributed by atoms with van der Waals surface area (Å²) < 4.78 is 10.7. The molecule has 5 nitrogen and oxygen atoms in total. The lowest BCUT2D eigenvalue weighted by Crippen LogP contribution is -2.19. The highest BCUT2D eigenvalue weighted by atomic mass is 16.6. The first kappa shape index (κ1) is 20.4. The van der Waals surface area contributed by atoms with Gasteiger partial charge in [-0.05, 0) is 35.7 Å². The molecule has 1 heterocycles. The number of hydrogen-bond donors (Lipinski definition) is 1. The van der Waals surface area contributed by atoms with Crippen LogP contribution in [0, 0.1) is 0 Å². The molecule has 4 rings (SSSR count). The molecule has 4 aromatic rings. The monoisotopic (exact) mass is 413 g/mol. The predicted molar refractivity (Wildman–Crippen MR) is 120 cm³/mol. The van der Waals surface area contributed by atoms with Crippen molar-refractivity contribution in [2.75, 3.05) is 13.2 Å². The van der Waals surface area contributed by atoms with Crippen LogP contribution in [0.3, 0.4) is 0 Å². The summed E-state index contributed by atoms with van der Waals surface area (Å²) in [5.41, 5.74) is 4.18. The molecule has 0 spiro atoms. The SMILES string of the molecule is CCc1ccc(OCC(=O)OCC(=O)c2c(-c3ccccc3)[nH]c3ccccc23)cc1. The molecule has 3 aromatic carbocycles. The van der Waals surface area contributed by atoms with E-state index >= 15 is 0 Å². The van der Waals surface area contributed by atoms with E-state index in [1.54, 1.807) is 0 Å². The smallest absolute Gasteiger partial charge is 0.344 e. The number of carbonyl (C=O) groups excluding carboxylic acids is 2. The Balaban J connectivity index is 1.45. The number of carbonyl (C=O) groups is 2. The van der Waals surface area contributed by atoms with Gasteiger partial charge in [-0.2, -0.15) is 0 Å². The van der Waals surface area contributed by atoms with Crippen LogP contribution < -0.4 is 4.74 Å². The van der Waals surface area contributed by atoms with Crippen LogP contribution in [0.25, 0.3) is 22.2 Å². The van der Waals surface area contributed by atoms with Gasteiger partial charge in [-0.1, -0.05) is 67.6 Å². The first-order valence-electron chi connectivity index (χ1n) is 10.2. The van der Waals surface area contributed by atoms with Crippen molar-refractivity contribution in [1.82, 2.24) is 4.98 Å². The fraction of sp³-hybridized carbons (Fsp3) is 0.154. The Bertz CT molecular complexity index is 1190. The van der Waals surface area contributed by atoms with Gasteiger partial charge in [-0.3, -0.25) is 4.79 Å². The quantitative estimate of drug-likeness (QED) is 0.318. The number of benzene rings is 3. The number of esters is 1. The minimum absolute atomic E-state index is 0.252. The number of ether oxygens (including phenoxy) is 2. The van der Waals surface area contributed by atoms with Crippen LogP contribution in [0.2, 0.25) is 0 Å². The average Bonchev–Trinajstić information content (AvgIpc) is 3.22. The summed E-state index contributed by atoms with van der Waals surface area (Å²) in [5, 5.41) is 0.801. The molecule has 0 saturated heterocycles. The lowest BCUT2D eigenvalue weighted by atomic mass is 10.0. The Labute approximate surface area is 180 Å². The van der Waals surface area contributed by atoms with Crippen LogP contribution in [-0.2, 0) is 16.0 Å². The molecular formula is C26H23NO4. The van der Waals surface area contributed by atoms with Gasteiger partial charge in [-0.15, -0.1) is 0 Å². The fourth-order valence-electron chi connectivity index (χ4n) is 3.48. The normalized spacial score (nSPS) is 10.7. The van der Waals surface area contributed by atoms with Crippen LogP contribution in [0.4, 0.5) is 0 Å². The molecule has 0 unspecified atom stereocenters. The van der Waals surface area contributed by atoms with E-state index in [0.717, 1.165) is 28.6 Å². The molecule has 0 bridgehead atoms. The Hall–Kier alpha value is -3.86. The first-order chi connectivity index (χ1) is 15.2. The zero-order valence-electron chi connectivity index (χ0n) is 17.3. The number of fused-ring (bicyclic) bond motifs is 1. The summed E-state index contributed by atoms with van der Waals surface area (Å²) in [7, 11) is 0. The van der Waals surface area contributed by atoms with Crippen molar-refractivity contribution < 1.29 is 19.1 Å². The number of para-hydroxylation sites is 1. The second kappa shape index (κ2) is 9.30. The van der Waals surface area contributed by atoms with E-state index in [2.05, 4.69) is 11.9 Å². The van der Waals surface area contributed by atoms with E-state index < -0.39 is 5.97 Å². The van der Waals surface area contributed by atoms with Crippen molar-refractivity contribution in [2.45, 2.75) is 13.3 Å². The van der Waals surface area contributed by atoms with Gasteiger partial charge in [-0.25, -0.2) is 4.79 Å². The molecule has 0 aliphatic rings. The number of Topliss-reactive ketones (excluding diaryl/α,β-unsaturated/α-hetero) is 1. The molecule has 0 amide bonds. The number of aromatic nitrogens is 1. The van der Waals surface area contributed by atoms with Gasteiger partial charge in [0.1, 0.15) is 5.75 Å². The number of aromatic amines is 1. The zero-order valence-corrected chi connectivity index (χ0v) is 17.3. The molecule has 0 fully saturated rings. The molecule has 0 radical (unpaired) electrons. The second-order valence-electron chi connectivity index (χ2n) is 7.16. The van der Waals surface area contributed by atoms with Gasteiger partial charge in [0.2, 0.25) is 5.78 Å². The third-order valence-corrected chi connectivity index (χ3v) is 5.10. The van der Waals surface area contributed by atoms with Gasteiger partial charge in [0.15, 0.2) is 13.2 Å². The second-order valence-corrected chi connectivity index (χ2v) is 7.16. The highest BCUT2D eigenvalue weighted by Gasteiger charge is 2.20. The van der Waals surface area contributed by atoms with Crippen LogP contribution in [-0.4, -0.2) is 30.0 Å². The molecule has 156 valence electrons. The van der Waals surface area contributed by atoms with E-state index in [1.165, 1.54) is 5.56 Å². The molecule has 0 aliphatic carbocycles. The summed E-state index contributed by atoms with van der Waals surface area (Å²) in [4.78, 5) is 28.5. The van der Waals surface area contributed by atoms with Crippen LogP contribution in [0.1, 0.15) is 22.8 Å². The highest BCUT2D eigenvalue weighted by molar-refractivity contribution is 6.14. The Morgan fingerprint density at radius 1 is 0.839 bits per heavy atom. The lowest BCUT2D eigenvalue weighted by molar-refractivity contribution is -0.144. The third kappa shape index (κ3) is 4.67. The average molecular weight is 413 g/mol. The van der Waals surface area contributed by atoms with Gasteiger partial charge < -0.3 is 14.5 Å². The highest BCUT2D eigenvalue weighted by Crippen LogP contribution is 2.30. The van der Waals surface area contributed by atoms with Crippen LogP contribution in [0.5, 0.6) is 5.75 Å². The summed E-state index contributed by atoms with van der Waals surface area (Å²) in [5.74, 6) is -0.269. The van der Waals surface area contributed by atoms with E-state index in [-0.39, 0.29) is 19.0 Å². The number of H-pyrrole nitrogens is 1. The van der Waals surface area contributed by atoms with Crippen LogP contribution in [0.15, 0.2) is 78.9 Å². The number of nitrogens with one attached hydrogen (secondary N) is 1. The number of aryl methyl sites for hydroxylation is 1. The molecule has 0 atom stereocenters. The molecule has 5 heteroatoms. The summed E-state index contributed by atoms with van der Waals surface area (Å²) in [6.07, 6.45) is 0.934. The largest absolute Gasteiger partial charge is 0.482 e. The lowest BCUT2D eigenvalue weighted by Gasteiger charge is -2.08. The molecule has 1 aromatic heterocycles. The van der Waals surface area contributed by atoms with Gasteiger partial charge in [0.05, 0.1) is 11.3 Å². The maximum absolute atomic E-state index is 13.0. The molecular weight excluding hydrogens is 390 g/mol. The van der Waals surface area contributed by atoms with Crippen molar-refractivity contribution in [1.29, 1.82) is 0 Å². The van der Waals surface area contributed by atoms with Crippen molar-refractivity contribution >= 4 is 22.7 Å². The van der Waals surface area contributed by atoms with E-state index in [4.69, 9.17) is 9.47 Å². The minimum atomic E-state index is -0.589. The summed E-state index contributed by atoms with van der Waals surface area (Å²) >= 11 is 0. The predicted octanol–water partition coefficient (Wildman–Crippen LogP) is 5.20. The summed E-state index contributed by atoms with van der Waals surface area (Å²) in [6, 6.07) is 24.8. The van der Waals surface area contributed by atoms with E-state index in [9.17, 15) is 9.59 Å². The van der Waals surface area contributed by atoms with Crippen molar-refractivity contribution in [3.05, 3.63) is 90.0 Å². The maximum Gasteiger partial charge on any atom is 0.344 e. The van der Waals surface area contributed by atoms with Gasteiger partial charge in [0.25, 0.3) is 0 Å². The topological polar surface area (TPSA) is 68.4 Å². The minimum Gasteiger partial charge on any atom is -0.482 e. The molecule has 31 heavy (non-hydrogen) atoms. The number of ketones is 1. The third-order valence-electron chi connectivity index (χ3n) is 5.10. The number of rotatable bonds is 8. The van der Waals surface area contributed by atoms with Gasteiger partial charge in [0, 0.05) is 10.9 Å². The molecule has 1 N–H and O–H groups in total. The molecule has 0 aliphatic heterocycles. The fourth-order valence-corrected chi connectivity index (χ4v) is 3.48. The molecule has 0 saturated carbocycles. The number of hydrogen-bond acceptors (Lipinski definition) is 4. The zero-order chi connectivity index (χ0) is 21.6. The van der Waals surface area contributed by atoms with Gasteiger partial charge >= 0.3 is 5.97 Å². The standard InChI is InChI=1S/C26H23NO4/c1-2-18-12-14-20(15-13-18)30-17-24(29)31-16-23(28)25-21-10-6-7-11-22(21)27-26(25)19-8-4-3-5-9-19/h3-15,27H,2,16-17H2,1H3. The van der Waals surface area contributed by atoms with Crippen molar-refractivity contribution in [3.8, 4) is 17.0 Å². The van der Waals surface area contributed by atoms with E-state index in [0.29, 0.717) is 11.3 Å². The Morgan fingerprint density at radius 2 is 1.55 bits per heavy atom. The van der Waals surface area contributed by atoms with Crippen molar-refractivity contribution in [2.24, 2.45) is 0 Å².